The fourth-order valence-corrected chi connectivity index (χ4v) is 2.57. The molecule has 2 N–H and O–H groups in total. The van der Waals surface area contributed by atoms with Crippen molar-refractivity contribution < 1.29 is 4.39 Å². The number of rotatable bonds is 1. The van der Waals surface area contributed by atoms with Crippen molar-refractivity contribution in [3.63, 3.8) is 0 Å². The molecule has 1 aliphatic carbocycles. The van der Waals surface area contributed by atoms with E-state index in [2.05, 4.69) is 11.9 Å². The lowest BCUT2D eigenvalue weighted by Gasteiger charge is -2.48. The SMILES string of the molecule is CN1C[C@H]2CC(CF)[C@@]2(N)C1. The zero-order valence-corrected chi connectivity index (χ0v) is 6.89. The molecule has 1 unspecified atom stereocenters. The lowest BCUT2D eigenvalue weighted by atomic mass is 9.61. The van der Waals surface area contributed by atoms with E-state index in [0.717, 1.165) is 19.5 Å². The molecule has 3 atom stereocenters. The van der Waals surface area contributed by atoms with Crippen molar-refractivity contribution in [3.05, 3.63) is 0 Å². The van der Waals surface area contributed by atoms with Crippen LogP contribution in [0.2, 0.25) is 0 Å². The summed E-state index contributed by atoms with van der Waals surface area (Å²) in [5, 5.41) is 0. The highest BCUT2D eigenvalue weighted by Gasteiger charge is 2.56. The predicted molar refractivity (Wildman–Crippen MR) is 42.0 cm³/mol. The number of fused-ring (bicyclic) bond motifs is 1. The number of alkyl halides is 1. The van der Waals surface area contributed by atoms with Crippen LogP contribution < -0.4 is 5.73 Å². The Morgan fingerprint density at radius 3 is 3.00 bits per heavy atom. The number of nitrogens with two attached hydrogens (primary N) is 1. The zero-order valence-electron chi connectivity index (χ0n) is 6.89. The van der Waals surface area contributed by atoms with E-state index in [4.69, 9.17) is 5.73 Å². The minimum absolute atomic E-state index is 0.137. The fourth-order valence-electron chi connectivity index (χ4n) is 2.57. The highest BCUT2D eigenvalue weighted by Crippen LogP contribution is 2.46. The molecule has 11 heavy (non-hydrogen) atoms. The fraction of sp³-hybridized carbons (Fsp3) is 1.00. The second-order valence-corrected chi connectivity index (χ2v) is 4.09. The first-order valence-corrected chi connectivity index (χ1v) is 4.20. The summed E-state index contributed by atoms with van der Waals surface area (Å²) in [6, 6.07) is 0. The summed E-state index contributed by atoms with van der Waals surface area (Å²) in [5.74, 6) is 0.700. The highest BCUT2D eigenvalue weighted by molar-refractivity contribution is 5.12. The molecular weight excluding hydrogens is 143 g/mol. The van der Waals surface area contributed by atoms with Crippen LogP contribution in [0.4, 0.5) is 4.39 Å². The van der Waals surface area contributed by atoms with Crippen molar-refractivity contribution in [2.75, 3.05) is 26.8 Å². The van der Waals surface area contributed by atoms with Crippen LogP contribution in [0, 0.1) is 11.8 Å². The second-order valence-electron chi connectivity index (χ2n) is 4.09. The smallest absolute Gasteiger partial charge is 0.0940 e. The largest absolute Gasteiger partial charge is 0.323 e. The molecule has 0 radical (unpaired) electrons. The molecule has 1 aliphatic heterocycles. The Hall–Kier alpha value is -0.150. The summed E-state index contributed by atoms with van der Waals surface area (Å²) in [4.78, 5) is 2.21. The van der Waals surface area contributed by atoms with Crippen molar-refractivity contribution >= 4 is 0 Å². The van der Waals surface area contributed by atoms with Crippen molar-refractivity contribution in [1.29, 1.82) is 0 Å². The molecule has 1 heterocycles. The van der Waals surface area contributed by atoms with Gasteiger partial charge in [-0.25, -0.2) is 0 Å². The lowest BCUT2D eigenvalue weighted by Crippen LogP contribution is -2.63. The van der Waals surface area contributed by atoms with Gasteiger partial charge in [-0.3, -0.25) is 4.39 Å². The van der Waals surface area contributed by atoms with Crippen LogP contribution >= 0.6 is 0 Å². The van der Waals surface area contributed by atoms with E-state index < -0.39 is 0 Å². The van der Waals surface area contributed by atoms with E-state index in [1.807, 2.05) is 0 Å². The van der Waals surface area contributed by atoms with Gasteiger partial charge < -0.3 is 10.6 Å². The van der Waals surface area contributed by atoms with Gasteiger partial charge in [0, 0.05) is 24.5 Å². The minimum atomic E-state index is -0.235. The van der Waals surface area contributed by atoms with Crippen LogP contribution in [0.15, 0.2) is 0 Å². The molecule has 0 bridgehead atoms. The van der Waals surface area contributed by atoms with Gasteiger partial charge in [0.05, 0.1) is 6.67 Å². The zero-order chi connectivity index (χ0) is 8.06. The Balaban J connectivity index is 2.08. The summed E-state index contributed by atoms with van der Waals surface area (Å²) in [5.41, 5.74) is 5.89. The first-order valence-electron chi connectivity index (χ1n) is 4.20. The van der Waals surface area contributed by atoms with E-state index in [-0.39, 0.29) is 18.1 Å². The van der Waals surface area contributed by atoms with Crippen molar-refractivity contribution in [2.24, 2.45) is 17.6 Å². The van der Waals surface area contributed by atoms with Gasteiger partial charge >= 0.3 is 0 Å². The minimum Gasteiger partial charge on any atom is -0.323 e. The maximum atomic E-state index is 12.4. The van der Waals surface area contributed by atoms with Crippen LogP contribution in [0.25, 0.3) is 0 Å². The first kappa shape index (κ1) is 7.50. The molecule has 2 rings (SSSR count). The lowest BCUT2D eigenvalue weighted by molar-refractivity contribution is 0.0574. The third-order valence-electron chi connectivity index (χ3n) is 3.35. The Kier molecular flexibility index (Phi) is 1.48. The first-order chi connectivity index (χ1) is 5.16. The van der Waals surface area contributed by atoms with E-state index in [1.54, 1.807) is 0 Å². The van der Waals surface area contributed by atoms with E-state index in [1.165, 1.54) is 0 Å². The Bertz CT molecular complexity index is 167. The number of halogens is 1. The molecular formula is C8H15FN2. The average Bonchev–Trinajstić information content (AvgIpc) is 2.14. The molecule has 0 aromatic heterocycles. The van der Waals surface area contributed by atoms with Gasteiger partial charge in [0.25, 0.3) is 0 Å². The van der Waals surface area contributed by atoms with Gasteiger partial charge in [0.1, 0.15) is 0 Å². The van der Waals surface area contributed by atoms with Gasteiger partial charge in [0.15, 0.2) is 0 Å². The molecule has 2 fully saturated rings. The molecule has 0 aromatic rings. The molecule has 1 saturated heterocycles. The van der Waals surface area contributed by atoms with Crippen molar-refractivity contribution in [1.82, 2.24) is 4.90 Å². The van der Waals surface area contributed by atoms with Gasteiger partial charge in [-0.05, 0) is 19.4 Å². The summed E-state index contributed by atoms with van der Waals surface area (Å²) in [6.45, 7) is 1.71. The Morgan fingerprint density at radius 2 is 2.45 bits per heavy atom. The van der Waals surface area contributed by atoms with E-state index in [9.17, 15) is 4.39 Å². The number of hydrogen-bond donors (Lipinski definition) is 1. The Morgan fingerprint density at radius 1 is 1.73 bits per heavy atom. The third kappa shape index (κ3) is 0.842. The second kappa shape index (κ2) is 2.17. The summed E-state index contributed by atoms with van der Waals surface area (Å²) < 4.78 is 12.4. The summed E-state index contributed by atoms with van der Waals surface area (Å²) in [7, 11) is 2.06. The van der Waals surface area contributed by atoms with E-state index >= 15 is 0 Å². The molecule has 2 aliphatic rings. The number of likely N-dealkylation sites (N-methyl/N-ethyl adjacent to an activating group) is 1. The van der Waals surface area contributed by atoms with Gasteiger partial charge in [0.2, 0.25) is 0 Å². The monoisotopic (exact) mass is 158 g/mol. The topological polar surface area (TPSA) is 29.3 Å². The van der Waals surface area contributed by atoms with Crippen LogP contribution in [-0.4, -0.2) is 37.3 Å². The quantitative estimate of drug-likeness (QED) is 0.592. The number of likely N-dealkylation sites (tertiary alicyclic amines) is 1. The van der Waals surface area contributed by atoms with Crippen LogP contribution in [-0.2, 0) is 0 Å². The Labute approximate surface area is 66.5 Å². The molecule has 2 nitrogen and oxygen atoms in total. The summed E-state index contributed by atoms with van der Waals surface area (Å²) >= 11 is 0. The van der Waals surface area contributed by atoms with E-state index in [0.29, 0.717) is 5.92 Å². The highest BCUT2D eigenvalue weighted by atomic mass is 19.1. The molecule has 1 saturated carbocycles. The maximum Gasteiger partial charge on any atom is 0.0940 e. The molecule has 3 heteroatoms. The average molecular weight is 158 g/mol. The van der Waals surface area contributed by atoms with Gasteiger partial charge in [-0.1, -0.05) is 0 Å². The normalized spacial score (nSPS) is 50.5. The molecule has 0 amide bonds. The molecule has 0 aromatic carbocycles. The van der Waals surface area contributed by atoms with Gasteiger partial charge in [-0.2, -0.15) is 0 Å². The van der Waals surface area contributed by atoms with Crippen LogP contribution in [0.5, 0.6) is 0 Å². The molecule has 64 valence electrons. The predicted octanol–water partition coefficient (Wildman–Crippen LogP) is 0.235. The number of hydrogen-bond acceptors (Lipinski definition) is 2. The maximum absolute atomic E-state index is 12.4. The number of nitrogens with zero attached hydrogens (tertiary/aromatic N) is 1. The standard InChI is InChI=1S/C8H15FN2/c1-11-4-7-2-6(3-9)8(7,10)5-11/h6-7H,2-5,10H2,1H3/t6?,7-,8+/m1/s1. The van der Waals surface area contributed by atoms with Crippen molar-refractivity contribution in [3.8, 4) is 0 Å². The third-order valence-corrected chi connectivity index (χ3v) is 3.35. The van der Waals surface area contributed by atoms with Gasteiger partial charge in [-0.15, -0.1) is 0 Å². The van der Waals surface area contributed by atoms with Crippen molar-refractivity contribution in [2.45, 2.75) is 12.0 Å². The van der Waals surface area contributed by atoms with Crippen LogP contribution in [0.3, 0.4) is 0 Å². The molecule has 0 spiro atoms. The summed E-state index contributed by atoms with van der Waals surface area (Å²) in [6.07, 6.45) is 0.997. The van der Waals surface area contributed by atoms with Crippen LogP contribution in [0.1, 0.15) is 6.42 Å².